The summed E-state index contributed by atoms with van der Waals surface area (Å²) in [6, 6.07) is 23.4. The molecule has 1 aliphatic heterocycles. The van der Waals surface area contributed by atoms with Crippen molar-refractivity contribution in [1.82, 2.24) is 0 Å². The number of fused-ring (bicyclic) bond motifs is 2. The molecule has 0 atom stereocenters. The molecule has 1 nitrogen and oxygen atoms in total. The SMILES string of the molecule is CC.CCc1ccc(N2c3ccccc3Sc3ccc(Cl)cc32)cc1. The largest absolute Gasteiger partial charge is 0.308 e. The highest BCUT2D eigenvalue weighted by Crippen LogP contribution is 2.51. The van der Waals surface area contributed by atoms with Crippen LogP contribution in [-0.4, -0.2) is 0 Å². The first kappa shape index (κ1) is 17.9. The van der Waals surface area contributed by atoms with Crippen LogP contribution in [0.25, 0.3) is 0 Å². The fourth-order valence-electron chi connectivity index (χ4n) is 2.89. The molecule has 1 heterocycles. The number of aryl methyl sites for hydroxylation is 1. The molecule has 0 N–H and O–H groups in total. The molecule has 25 heavy (non-hydrogen) atoms. The van der Waals surface area contributed by atoms with Gasteiger partial charge in [-0.3, -0.25) is 0 Å². The zero-order valence-electron chi connectivity index (χ0n) is 14.8. The number of rotatable bonds is 2. The molecule has 0 bridgehead atoms. The minimum atomic E-state index is 0.763. The maximum absolute atomic E-state index is 6.27. The van der Waals surface area contributed by atoms with Gasteiger partial charge in [0.15, 0.2) is 0 Å². The summed E-state index contributed by atoms with van der Waals surface area (Å²) in [7, 11) is 0. The van der Waals surface area contributed by atoms with Crippen LogP contribution in [0, 0.1) is 0 Å². The van der Waals surface area contributed by atoms with Crippen LogP contribution in [0.3, 0.4) is 0 Å². The van der Waals surface area contributed by atoms with Crippen LogP contribution in [0.15, 0.2) is 76.5 Å². The number of anilines is 3. The molecule has 4 rings (SSSR count). The standard InChI is InChI=1S/C20H16ClNS.C2H6/c1-2-14-7-10-16(11-8-14)22-17-5-3-4-6-19(17)23-20-12-9-15(21)13-18(20)22;1-2/h3-13H,2H2,1H3;1-2H3. The minimum absolute atomic E-state index is 0.763. The van der Waals surface area contributed by atoms with E-state index in [2.05, 4.69) is 66.4 Å². The summed E-state index contributed by atoms with van der Waals surface area (Å²) in [6.07, 6.45) is 1.05. The first-order chi connectivity index (χ1) is 12.3. The second-order valence-corrected chi connectivity index (χ2v) is 7.06. The van der Waals surface area contributed by atoms with E-state index in [1.54, 1.807) is 11.8 Å². The summed E-state index contributed by atoms with van der Waals surface area (Å²) in [6.45, 7) is 6.18. The van der Waals surface area contributed by atoms with Crippen molar-refractivity contribution >= 4 is 40.4 Å². The molecule has 0 fully saturated rings. The van der Waals surface area contributed by atoms with Crippen LogP contribution < -0.4 is 4.90 Å². The van der Waals surface area contributed by atoms with E-state index in [1.165, 1.54) is 26.7 Å². The molecule has 3 aromatic carbocycles. The van der Waals surface area contributed by atoms with Gasteiger partial charge >= 0.3 is 0 Å². The molecule has 3 heteroatoms. The number of halogens is 1. The third-order valence-electron chi connectivity index (χ3n) is 4.09. The fourth-order valence-corrected chi connectivity index (χ4v) is 4.09. The molecule has 128 valence electrons. The Morgan fingerprint density at radius 1 is 0.840 bits per heavy atom. The van der Waals surface area contributed by atoms with E-state index >= 15 is 0 Å². The van der Waals surface area contributed by atoms with Gasteiger partial charge in [0.25, 0.3) is 0 Å². The van der Waals surface area contributed by atoms with Crippen molar-refractivity contribution in [2.75, 3.05) is 4.90 Å². The molecule has 0 amide bonds. The van der Waals surface area contributed by atoms with Crippen LogP contribution >= 0.6 is 23.4 Å². The van der Waals surface area contributed by atoms with E-state index in [0.29, 0.717) is 0 Å². The Bertz CT molecular complexity index is 858. The quantitative estimate of drug-likeness (QED) is 0.354. The molecule has 3 aromatic rings. The molecule has 0 aliphatic carbocycles. The highest BCUT2D eigenvalue weighted by Gasteiger charge is 2.24. The molecule has 1 aliphatic rings. The molecule has 0 radical (unpaired) electrons. The summed E-state index contributed by atoms with van der Waals surface area (Å²) in [4.78, 5) is 4.79. The Morgan fingerprint density at radius 3 is 2.24 bits per heavy atom. The summed E-state index contributed by atoms with van der Waals surface area (Å²) in [5.41, 5.74) is 4.86. The molecule has 0 unspecified atom stereocenters. The lowest BCUT2D eigenvalue weighted by molar-refractivity contribution is 1.13. The summed E-state index contributed by atoms with van der Waals surface area (Å²) in [5.74, 6) is 0. The molecule has 0 saturated carbocycles. The Morgan fingerprint density at radius 2 is 1.52 bits per heavy atom. The molecule has 0 spiro atoms. The van der Waals surface area contributed by atoms with E-state index in [9.17, 15) is 0 Å². The second kappa shape index (κ2) is 7.99. The van der Waals surface area contributed by atoms with Gasteiger partial charge in [-0.25, -0.2) is 0 Å². The number of hydrogen-bond acceptors (Lipinski definition) is 2. The van der Waals surface area contributed by atoms with Crippen LogP contribution in [0.5, 0.6) is 0 Å². The predicted molar refractivity (Wildman–Crippen MR) is 111 cm³/mol. The molecule has 0 saturated heterocycles. The van der Waals surface area contributed by atoms with Crippen LogP contribution in [0.4, 0.5) is 17.1 Å². The topological polar surface area (TPSA) is 3.24 Å². The van der Waals surface area contributed by atoms with Gasteiger partial charge in [0.2, 0.25) is 0 Å². The Hall–Kier alpha value is -1.90. The van der Waals surface area contributed by atoms with Crippen molar-refractivity contribution in [2.24, 2.45) is 0 Å². The van der Waals surface area contributed by atoms with Crippen molar-refractivity contribution in [3.8, 4) is 0 Å². The zero-order valence-corrected chi connectivity index (χ0v) is 16.4. The highest BCUT2D eigenvalue weighted by atomic mass is 35.5. The van der Waals surface area contributed by atoms with Crippen LogP contribution in [0.2, 0.25) is 5.02 Å². The van der Waals surface area contributed by atoms with Gasteiger partial charge < -0.3 is 4.90 Å². The second-order valence-electron chi connectivity index (χ2n) is 5.54. The zero-order chi connectivity index (χ0) is 17.8. The lowest BCUT2D eigenvalue weighted by Gasteiger charge is -2.33. The summed E-state index contributed by atoms with van der Waals surface area (Å²) in [5, 5.41) is 0.763. The van der Waals surface area contributed by atoms with Gasteiger partial charge in [-0.15, -0.1) is 0 Å². The van der Waals surface area contributed by atoms with E-state index in [4.69, 9.17) is 11.6 Å². The predicted octanol–water partition coefficient (Wildman–Crippen LogP) is 7.86. The monoisotopic (exact) mass is 367 g/mol. The van der Waals surface area contributed by atoms with E-state index in [-0.39, 0.29) is 0 Å². The molecule has 0 aromatic heterocycles. The number of para-hydroxylation sites is 1. The van der Waals surface area contributed by atoms with E-state index in [1.807, 2.05) is 26.0 Å². The fraction of sp³-hybridized carbons (Fsp3) is 0.182. The molecular weight excluding hydrogens is 346 g/mol. The smallest absolute Gasteiger partial charge is 0.0616 e. The first-order valence-corrected chi connectivity index (χ1v) is 9.91. The third kappa shape index (κ3) is 3.56. The number of nitrogens with zero attached hydrogens (tertiary/aromatic N) is 1. The van der Waals surface area contributed by atoms with Crippen LogP contribution in [0.1, 0.15) is 26.3 Å². The van der Waals surface area contributed by atoms with Gasteiger partial charge in [0.1, 0.15) is 0 Å². The Balaban J connectivity index is 0.000000880. The number of benzene rings is 3. The van der Waals surface area contributed by atoms with Crippen molar-refractivity contribution in [2.45, 2.75) is 37.0 Å². The minimum Gasteiger partial charge on any atom is -0.308 e. The van der Waals surface area contributed by atoms with Crippen molar-refractivity contribution in [1.29, 1.82) is 0 Å². The molecular formula is C22H22ClNS. The van der Waals surface area contributed by atoms with Gasteiger partial charge in [-0.2, -0.15) is 0 Å². The van der Waals surface area contributed by atoms with Crippen molar-refractivity contribution in [3.05, 3.63) is 77.3 Å². The lowest BCUT2D eigenvalue weighted by atomic mass is 10.1. The van der Waals surface area contributed by atoms with Crippen molar-refractivity contribution < 1.29 is 0 Å². The maximum atomic E-state index is 6.27. The summed E-state index contributed by atoms with van der Waals surface area (Å²) >= 11 is 8.07. The van der Waals surface area contributed by atoms with Gasteiger partial charge in [0.05, 0.1) is 11.4 Å². The van der Waals surface area contributed by atoms with E-state index < -0.39 is 0 Å². The first-order valence-electron chi connectivity index (χ1n) is 8.72. The Labute approximate surface area is 159 Å². The highest BCUT2D eigenvalue weighted by molar-refractivity contribution is 7.99. The van der Waals surface area contributed by atoms with Gasteiger partial charge in [0, 0.05) is 20.5 Å². The van der Waals surface area contributed by atoms with Crippen molar-refractivity contribution in [3.63, 3.8) is 0 Å². The lowest BCUT2D eigenvalue weighted by Crippen LogP contribution is -2.14. The third-order valence-corrected chi connectivity index (χ3v) is 5.46. The van der Waals surface area contributed by atoms with Gasteiger partial charge in [-0.05, 0) is 54.4 Å². The van der Waals surface area contributed by atoms with Gasteiger partial charge in [-0.1, -0.05) is 68.4 Å². The number of hydrogen-bond donors (Lipinski definition) is 0. The normalized spacial score (nSPS) is 11.9. The maximum Gasteiger partial charge on any atom is 0.0616 e. The average molecular weight is 368 g/mol. The average Bonchev–Trinajstić information content (AvgIpc) is 2.68. The van der Waals surface area contributed by atoms with Crippen LogP contribution in [-0.2, 0) is 6.42 Å². The Kier molecular flexibility index (Phi) is 5.72. The summed E-state index contributed by atoms with van der Waals surface area (Å²) < 4.78 is 0. The van der Waals surface area contributed by atoms with E-state index in [0.717, 1.165) is 17.1 Å².